The zero-order valence-electron chi connectivity index (χ0n) is 16.9. The van der Waals surface area contributed by atoms with Crippen molar-refractivity contribution >= 4 is 26.0 Å². The highest BCUT2D eigenvalue weighted by molar-refractivity contribution is 7.87. The number of halogens is 4. The standard InChI is InChI=1S/C15H20FN4O3S.CHF3O3S/c1-17-5-8-20(12-17)24(21,22)19-9-6-18(7-10-19)14-4-3-13(16)11-15(14)23-2;2-1(3,4)8(5,6)7/h3-5,8,11-12H,6-7,9-10H2,1-2H3;(H,5,6,7)/q+1;. The molecule has 0 unspecified atom stereocenters. The lowest BCUT2D eigenvalue weighted by molar-refractivity contribution is -0.670. The number of piperazine rings is 1. The van der Waals surface area contributed by atoms with Gasteiger partial charge in [0.15, 0.2) is 0 Å². The molecule has 16 heteroatoms. The minimum atomic E-state index is -5.84. The van der Waals surface area contributed by atoms with Gasteiger partial charge in [0.1, 0.15) is 24.0 Å². The first-order valence-electron chi connectivity index (χ1n) is 8.83. The number of methoxy groups -OCH3 is 1. The van der Waals surface area contributed by atoms with Crippen LogP contribution in [0.2, 0.25) is 0 Å². The molecule has 0 spiro atoms. The van der Waals surface area contributed by atoms with Gasteiger partial charge in [0, 0.05) is 32.2 Å². The summed E-state index contributed by atoms with van der Waals surface area (Å²) in [6.07, 6.45) is 4.71. The molecule has 10 nitrogen and oxygen atoms in total. The van der Waals surface area contributed by atoms with Gasteiger partial charge >= 0.3 is 25.8 Å². The van der Waals surface area contributed by atoms with Gasteiger partial charge in [0.05, 0.1) is 19.8 Å². The predicted octanol–water partition coefficient (Wildman–Crippen LogP) is 0.769. The van der Waals surface area contributed by atoms with Crippen molar-refractivity contribution in [3.63, 3.8) is 0 Å². The summed E-state index contributed by atoms with van der Waals surface area (Å²) in [7, 11) is -6.14. The minimum Gasteiger partial charge on any atom is -0.494 e. The monoisotopic (exact) mass is 505 g/mol. The lowest BCUT2D eigenvalue weighted by Crippen LogP contribution is -2.50. The molecule has 1 fully saturated rings. The van der Waals surface area contributed by atoms with Gasteiger partial charge in [-0.1, -0.05) is 0 Å². The maximum absolute atomic E-state index is 13.3. The molecule has 1 aromatic carbocycles. The van der Waals surface area contributed by atoms with E-state index < -0.39 is 25.8 Å². The smallest absolute Gasteiger partial charge is 0.494 e. The molecule has 0 saturated carbocycles. The van der Waals surface area contributed by atoms with Crippen LogP contribution in [-0.4, -0.2) is 68.5 Å². The Morgan fingerprint density at radius 2 is 1.66 bits per heavy atom. The number of benzene rings is 1. The van der Waals surface area contributed by atoms with Crippen molar-refractivity contribution in [2.75, 3.05) is 38.2 Å². The second-order valence-electron chi connectivity index (χ2n) is 6.54. The highest BCUT2D eigenvalue weighted by atomic mass is 32.2. The van der Waals surface area contributed by atoms with Crippen molar-refractivity contribution in [2.45, 2.75) is 5.51 Å². The van der Waals surface area contributed by atoms with Gasteiger partial charge < -0.3 is 9.64 Å². The number of hydrogen-bond acceptors (Lipinski definition) is 6. The summed E-state index contributed by atoms with van der Waals surface area (Å²) in [5, 5.41) is 0. The van der Waals surface area contributed by atoms with Gasteiger partial charge in [-0.3, -0.25) is 4.55 Å². The van der Waals surface area contributed by atoms with Crippen molar-refractivity contribution in [2.24, 2.45) is 7.05 Å². The molecule has 0 amide bonds. The normalized spacial score (nSPS) is 15.8. The molecule has 0 atom stereocenters. The van der Waals surface area contributed by atoms with Crippen molar-refractivity contribution < 1.29 is 48.3 Å². The zero-order valence-corrected chi connectivity index (χ0v) is 18.5. The molecule has 0 bridgehead atoms. The topological polar surface area (TPSA) is 113 Å². The molecular weight excluding hydrogens is 484 g/mol. The first kappa shape index (κ1) is 25.8. The van der Waals surface area contributed by atoms with Crippen LogP contribution in [0.15, 0.2) is 36.9 Å². The average molecular weight is 505 g/mol. The Balaban J connectivity index is 0.000000390. The lowest BCUT2D eigenvalue weighted by atomic mass is 10.2. The Morgan fingerprint density at radius 1 is 1.09 bits per heavy atom. The van der Waals surface area contributed by atoms with Crippen molar-refractivity contribution in [3.05, 3.63) is 42.7 Å². The molecule has 1 aliphatic rings. The van der Waals surface area contributed by atoms with Gasteiger partial charge in [0.2, 0.25) is 0 Å². The molecular formula is C16H21F4N4O6S2+. The van der Waals surface area contributed by atoms with E-state index in [0.717, 1.165) is 5.69 Å². The van der Waals surface area contributed by atoms with Gasteiger partial charge in [-0.15, -0.1) is 3.97 Å². The van der Waals surface area contributed by atoms with E-state index in [1.807, 2.05) is 4.90 Å². The number of ether oxygens (including phenoxy) is 1. The fourth-order valence-electron chi connectivity index (χ4n) is 2.77. The van der Waals surface area contributed by atoms with Crippen molar-refractivity contribution in [3.8, 4) is 5.75 Å². The Hall–Kier alpha value is -2.43. The van der Waals surface area contributed by atoms with Crippen LogP contribution in [0.3, 0.4) is 0 Å². The molecule has 1 saturated heterocycles. The van der Waals surface area contributed by atoms with Crippen molar-refractivity contribution in [1.82, 2.24) is 8.28 Å². The third-order valence-corrected chi connectivity index (χ3v) is 6.70. The van der Waals surface area contributed by atoms with Crippen LogP contribution in [0.5, 0.6) is 5.75 Å². The minimum absolute atomic E-state index is 0.352. The summed E-state index contributed by atoms with van der Waals surface area (Å²) in [5.41, 5.74) is -4.77. The van der Waals surface area contributed by atoms with Gasteiger partial charge in [-0.25, -0.2) is 8.96 Å². The van der Waals surface area contributed by atoms with Crippen LogP contribution in [0.4, 0.5) is 23.2 Å². The van der Waals surface area contributed by atoms with E-state index in [4.69, 9.17) is 17.7 Å². The molecule has 1 aromatic heterocycles. The first-order valence-corrected chi connectivity index (χ1v) is 11.7. The third kappa shape index (κ3) is 6.08. The van der Waals surface area contributed by atoms with Crippen LogP contribution in [0, 0.1) is 5.82 Å². The van der Waals surface area contributed by atoms with Crippen LogP contribution >= 0.6 is 0 Å². The van der Waals surface area contributed by atoms with E-state index in [1.54, 1.807) is 23.9 Å². The largest absolute Gasteiger partial charge is 0.522 e. The Kier molecular flexibility index (Phi) is 7.75. The van der Waals surface area contributed by atoms with E-state index in [-0.39, 0.29) is 5.82 Å². The Labute approximate surface area is 182 Å². The summed E-state index contributed by atoms with van der Waals surface area (Å²) >= 11 is 0. The van der Waals surface area contributed by atoms with E-state index in [2.05, 4.69) is 0 Å². The number of hydrogen-bond donors (Lipinski definition) is 1. The number of nitrogens with zero attached hydrogens (tertiary/aromatic N) is 4. The second-order valence-corrected chi connectivity index (χ2v) is 9.79. The fourth-order valence-corrected chi connectivity index (χ4v) is 4.14. The number of imidazole rings is 1. The first-order chi connectivity index (χ1) is 14.7. The van der Waals surface area contributed by atoms with Crippen LogP contribution < -0.4 is 14.2 Å². The SMILES string of the molecule is COc1cc(F)ccc1N1CCN(S(=O)(=O)n2cc[n+](C)c2)CC1.O=S(=O)(O)C(F)(F)F. The molecule has 0 aliphatic carbocycles. The summed E-state index contributed by atoms with van der Waals surface area (Å²) in [4.78, 5) is 2.00. The molecule has 32 heavy (non-hydrogen) atoms. The molecule has 2 aromatic rings. The summed E-state index contributed by atoms with van der Waals surface area (Å²) in [6, 6.07) is 4.36. The van der Waals surface area contributed by atoms with Gasteiger partial charge in [0.25, 0.3) is 6.33 Å². The molecule has 1 N–H and O–H groups in total. The third-order valence-electron chi connectivity index (χ3n) is 4.35. The summed E-state index contributed by atoms with van der Waals surface area (Å²) in [5.74, 6) is 0.0843. The van der Waals surface area contributed by atoms with E-state index in [0.29, 0.717) is 31.9 Å². The fraction of sp³-hybridized carbons (Fsp3) is 0.438. The maximum Gasteiger partial charge on any atom is 0.522 e. The predicted molar refractivity (Wildman–Crippen MR) is 104 cm³/mol. The second kappa shape index (κ2) is 9.60. The van der Waals surface area contributed by atoms with Gasteiger partial charge in [-0.2, -0.15) is 34.3 Å². The average Bonchev–Trinajstić information content (AvgIpc) is 3.14. The number of aryl methyl sites for hydroxylation is 1. The summed E-state index contributed by atoms with van der Waals surface area (Å²) in [6.45, 7) is 1.72. The quantitative estimate of drug-likeness (QED) is 0.283. The molecule has 2 heterocycles. The van der Waals surface area contributed by atoms with Crippen LogP contribution in [-0.2, 0) is 27.4 Å². The zero-order chi connectivity index (χ0) is 24.3. The molecule has 3 rings (SSSR count). The van der Waals surface area contributed by atoms with E-state index in [9.17, 15) is 26.0 Å². The number of rotatable bonds is 4. The maximum atomic E-state index is 13.3. The highest BCUT2D eigenvalue weighted by Crippen LogP contribution is 2.30. The van der Waals surface area contributed by atoms with Crippen LogP contribution in [0.1, 0.15) is 0 Å². The number of aromatic nitrogens is 2. The molecule has 0 radical (unpaired) electrons. The Bertz CT molecular complexity index is 1140. The highest BCUT2D eigenvalue weighted by Gasteiger charge is 2.44. The summed E-state index contributed by atoms with van der Waals surface area (Å²) < 4.78 is 106. The lowest BCUT2D eigenvalue weighted by Gasteiger charge is -2.34. The van der Waals surface area contributed by atoms with Gasteiger partial charge in [-0.05, 0) is 12.1 Å². The van der Waals surface area contributed by atoms with Crippen LogP contribution in [0.25, 0.3) is 0 Å². The molecule has 1 aliphatic heterocycles. The number of anilines is 1. The molecule has 180 valence electrons. The van der Waals surface area contributed by atoms with E-state index >= 15 is 0 Å². The van der Waals surface area contributed by atoms with Crippen molar-refractivity contribution in [1.29, 1.82) is 0 Å². The Morgan fingerprint density at radius 3 is 2.09 bits per heavy atom. The number of alkyl halides is 3. The van der Waals surface area contributed by atoms with E-state index in [1.165, 1.54) is 40.0 Å².